The number of carbonyl (C=O) groups is 3. The average molecular weight is 490 g/mol. The number of hydrogen-bond acceptors (Lipinski definition) is 6. The fraction of sp³-hybridized carbons (Fsp3) is 0.222. The third kappa shape index (κ3) is 5.75. The van der Waals surface area contributed by atoms with Crippen LogP contribution in [0.3, 0.4) is 0 Å². The van der Waals surface area contributed by atoms with Crippen LogP contribution in [0.15, 0.2) is 72.8 Å². The predicted molar refractivity (Wildman–Crippen MR) is 135 cm³/mol. The first-order valence-corrected chi connectivity index (χ1v) is 11.5. The maximum Gasteiger partial charge on any atom is 0.265 e. The minimum absolute atomic E-state index is 0.327. The topological polar surface area (TPSA) is 115 Å². The largest absolute Gasteiger partial charge is 0.479 e. The summed E-state index contributed by atoms with van der Waals surface area (Å²) >= 11 is 0. The fourth-order valence-corrected chi connectivity index (χ4v) is 3.45. The Bertz CT molecular complexity index is 1120. The lowest BCUT2D eigenvalue weighted by Gasteiger charge is -2.22. The van der Waals surface area contributed by atoms with Gasteiger partial charge in [-0.15, -0.1) is 0 Å². The molecule has 3 N–H and O–H groups in total. The first-order valence-electron chi connectivity index (χ1n) is 11.5. The van der Waals surface area contributed by atoms with E-state index in [1.165, 1.54) is 0 Å². The van der Waals surface area contributed by atoms with Crippen molar-refractivity contribution in [2.24, 2.45) is 0 Å². The van der Waals surface area contributed by atoms with Crippen LogP contribution < -0.4 is 30.2 Å². The second kappa shape index (κ2) is 10.8. The Morgan fingerprint density at radius 3 is 1.00 bits per heavy atom. The van der Waals surface area contributed by atoms with E-state index in [1.807, 2.05) is 0 Å². The molecule has 0 aromatic heterocycles. The standard InChI is InChI=1S/C27H27N3O6/c1-16-25(31)28-20-11-5-8-14-23(20)35-18(3)27(33)30-21-12-6-9-15-24(21)36-17(2)26(32)29-19-10-4-7-13-22(19)34-16/h4-18H,1-3H3,(H,28,31)(H,29,32)(H,30,33)/t16-,17-,18-/m1/s1. The molecule has 0 radical (unpaired) electrons. The molecule has 0 unspecified atom stereocenters. The van der Waals surface area contributed by atoms with Crippen LogP contribution in [0.25, 0.3) is 0 Å². The van der Waals surface area contributed by atoms with Gasteiger partial charge in [0.25, 0.3) is 17.7 Å². The first-order chi connectivity index (χ1) is 17.3. The lowest BCUT2D eigenvalue weighted by molar-refractivity contribution is -0.122. The van der Waals surface area contributed by atoms with Gasteiger partial charge >= 0.3 is 0 Å². The number of benzene rings is 3. The van der Waals surface area contributed by atoms with Crippen molar-refractivity contribution in [3.8, 4) is 17.2 Å². The van der Waals surface area contributed by atoms with Crippen molar-refractivity contribution < 1.29 is 28.6 Å². The molecule has 0 fully saturated rings. The van der Waals surface area contributed by atoms with Crippen molar-refractivity contribution >= 4 is 34.8 Å². The van der Waals surface area contributed by atoms with E-state index in [-0.39, 0.29) is 0 Å². The zero-order valence-electron chi connectivity index (χ0n) is 20.1. The van der Waals surface area contributed by atoms with Gasteiger partial charge in [-0.2, -0.15) is 0 Å². The number of nitrogens with one attached hydrogen (secondary N) is 3. The van der Waals surface area contributed by atoms with Crippen LogP contribution in [0.5, 0.6) is 17.2 Å². The normalized spacial score (nSPS) is 20.8. The molecule has 0 aliphatic carbocycles. The lowest BCUT2D eigenvalue weighted by atomic mass is 10.2. The summed E-state index contributed by atoms with van der Waals surface area (Å²) < 4.78 is 17.6. The molecule has 186 valence electrons. The van der Waals surface area contributed by atoms with Crippen LogP contribution in [0.2, 0.25) is 0 Å². The van der Waals surface area contributed by atoms with Crippen molar-refractivity contribution in [2.45, 2.75) is 39.1 Å². The Hall–Kier alpha value is -4.53. The molecule has 0 spiro atoms. The third-order valence-corrected chi connectivity index (χ3v) is 5.45. The highest BCUT2D eigenvalue weighted by atomic mass is 16.5. The highest BCUT2D eigenvalue weighted by Crippen LogP contribution is 2.30. The molecular weight excluding hydrogens is 462 g/mol. The minimum atomic E-state index is -0.906. The number of ether oxygens (including phenoxy) is 3. The molecule has 9 nitrogen and oxygen atoms in total. The van der Waals surface area contributed by atoms with Gasteiger partial charge in [-0.05, 0) is 57.2 Å². The van der Waals surface area contributed by atoms with E-state index in [0.29, 0.717) is 34.3 Å². The number of fused-ring (bicyclic) bond motifs is 3. The van der Waals surface area contributed by atoms with E-state index in [1.54, 1.807) is 93.6 Å². The molecule has 3 aromatic rings. The summed E-state index contributed by atoms with van der Waals surface area (Å²) in [5, 5.41) is 8.35. The Labute approximate surface area is 208 Å². The summed E-state index contributed by atoms with van der Waals surface area (Å²) in [6.45, 7) is 4.78. The molecule has 1 aliphatic heterocycles. The first kappa shape index (κ1) is 24.6. The van der Waals surface area contributed by atoms with Crippen LogP contribution in [0.1, 0.15) is 20.8 Å². The van der Waals surface area contributed by atoms with Crippen molar-refractivity contribution in [3.05, 3.63) is 72.8 Å². The molecule has 3 amide bonds. The van der Waals surface area contributed by atoms with E-state index in [9.17, 15) is 14.4 Å². The predicted octanol–water partition coefficient (Wildman–Crippen LogP) is 4.22. The molecule has 1 heterocycles. The Morgan fingerprint density at radius 1 is 0.472 bits per heavy atom. The molecule has 1 aliphatic rings. The van der Waals surface area contributed by atoms with Gasteiger partial charge < -0.3 is 30.2 Å². The number of hydrogen-bond donors (Lipinski definition) is 3. The van der Waals surface area contributed by atoms with Gasteiger partial charge in [0.2, 0.25) is 0 Å². The van der Waals surface area contributed by atoms with Crippen LogP contribution in [0.4, 0.5) is 17.1 Å². The van der Waals surface area contributed by atoms with Gasteiger partial charge in [0.1, 0.15) is 17.2 Å². The monoisotopic (exact) mass is 489 g/mol. The van der Waals surface area contributed by atoms with E-state index in [0.717, 1.165) is 0 Å². The molecule has 9 heteroatoms. The Morgan fingerprint density at radius 2 is 0.722 bits per heavy atom. The highest BCUT2D eigenvalue weighted by molar-refractivity contribution is 5.98. The van der Waals surface area contributed by atoms with Gasteiger partial charge in [0, 0.05) is 0 Å². The highest BCUT2D eigenvalue weighted by Gasteiger charge is 2.24. The van der Waals surface area contributed by atoms with Crippen LogP contribution >= 0.6 is 0 Å². The molecular formula is C27H27N3O6. The molecule has 4 rings (SSSR count). The number of carbonyl (C=O) groups excluding carboxylic acids is 3. The zero-order chi connectivity index (χ0) is 25.7. The SMILES string of the molecule is C[C@H]1Oc2ccccc2NC(=O)[C@@H](C)Oc2ccccc2NC(=O)[C@@H](C)Oc2ccccc2NC1=O. The summed E-state index contributed by atoms with van der Waals surface area (Å²) in [6.07, 6.45) is -2.72. The van der Waals surface area contributed by atoms with Gasteiger partial charge in [-0.1, -0.05) is 36.4 Å². The van der Waals surface area contributed by atoms with Crippen LogP contribution in [-0.4, -0.2) is 36.0 Å². The van der Waals surface area contributed by atoms with E-state index < -0.39 is 36.0 Å². The van der Waals surface area contributed by atoms with E-state index >= 15 is 0 Å². The summed E-state index contributed by atoms with van der Waals surface area (Å²) in [4.78, 5) is 38.7. The van der Waals surface area contributed by atoms with Gasteiger partial charge in [-0.25, -0.2) is 0 Å². The van der Waals surface area contributed by atoms with Crippen molar-refractivity contribution in [2.75, 3.05) is 16.0 Å². The third-order valence-electron chi connectivity index (χ3n) is 5.45. The van der Waals surface area contributed by atoms with Gasteiger partial charge in [-0.3, -0.25) is 14.4 Å². The van der Waals surface area contributed by atoms with E-state index in [2.05, 4.69) is 16.0 Å². The molecule has 0 saturated heterocycles. The van der Waals surface area contributed by atoms with Crippen LogP contribution in [0, 0.1) is 0 Å². The summed E-state index contributed by atoms with van der Waals surface area (Å²) in [7, 11) is 0. The van der Waals surface area contributed by atoms with Crippen molar-refractivity contribution in [3.63, 3.8) is 0 Å². The van der Waals surface area contributed by atoms with Crippen molar-refractivity contribution in [1.82, 2.24) is 0 Å². The second-order valence-corrected chi connectivity index (χ2v) is 8.24. The fourth-order valence-electron chi connectivity index (χ4n) is 3.45. The zero-order valence-corrected chi connectivity index (χ0v) is 20.1. The maximum absolute atomic E-state index is 12.9. The number of rotatable bonds is 0. The summed E-state index contributed by atoms with van der Waals surface area (Å²) in [6, 6.07) is 20.4. The number of amides is 3. The smallest absolute Gasteiger partial charge is 0.265 e. The van der Waals surface area contributed by atoms with Gasteiger partial charge in [0.05, 0.1) is 17.1 Å². The van der Waals surface area contributed by atoms with Crippen molar-refractivity contribution in [1.29, 1.82) is 0 Å². The minimum Gasteiger partial charge on any atom is -0.479 e. The molecule has 36 heavy (non-hydrogen) atoms. The molecule has 0 saturated carbocycles. The molecule has 3 atom stereocenters. The summed E-state index contributed by atoms with van der Waals surface area (Å²) in [5.74, 6) is -0.323. The molecule has 3 aromatic carbocycles. The quantitative estimate of drug-likeness (QED) is 0.436. The Balaban J connectivity index is 1.70. The number of para-hydroxylation sites is 6. The van der Waals surface area contributed by atoms with Crippen LogP contribution in [-0.2, 0) is 14.4 Å². The van der Waals surface area contributed by atoms with E-state index in [4.69, 9.17) is 14.2 Å². The second-order valence-electron chi connectivity index (χ2n) is 8.24. The molecule has 0 bridgehead atoms. The lowest BCUT2D eigenvalue weighted by Crippen LogP contribution is -2.34. The van der Waals surface area contributed by atoms with Gasteiger partial charge in [0.15, 0.2) is 18.3 Å². The Kier molecular flexibility index (Phi) is 7.39. The summed E-state index contributed by atoms with van der Waals surface area (Å²) in [5.41, 5.74) is 1.16. The number of anilines is 3. The maximum atomic E-state index is 12.9. The average Bonchev–Trinajstić information content (AvgIpc) is 2.86.